The summed E-state index contributed by atoms with van der Waals surface area (Å²) in [7, 11) is 0. The maximum absolute atomic E-state index is 5.98. The van der Waals surface area contributed by atoms with E-state index in [-0.39, 0.29) is 12.0 Å². The smallest absolute Gasteiger partial charge is 0.172 e. The van der Waals surface area contributed by atoms with Crippen LogP contribution in [-0.2, 0) is 6.42 Å². The van der Waals surface area contributed by atoms with Gasteiger partial charge in [-0.2, -0.15) is 0 Å². The van der Waals surface area contributed by atoms with Crippen LogP contribution < -0.4 is 10.5 Å². The highest BCUT2D eigenvalue weighted by molar-refractivity contribution is 9.10. The number of rotatable bonds is 2. The largest absolute Gasteiger partial charge is 0.482 e. The van der Waals surface area contributed by atoms with Gasteiger partial charge in [0.05, 0.1) is 10.2 Å². The molecule has 2 N–H and O–H groups in total. The second kappa shape index (κ2) is 5.05. The van der Waals surface area contributed by atoms with E-state index in [4.69, 9.17) is 10.5 Å². The van der Waals surface area contributed by atoms with E-state index in [1.807, 2.05) is 18.2 Å². The van der Waals surface area contributed by atoms with E-state index in [1.54, 1.807) is 0 Å². The third-order valence-electron chi connectivity index (χ3n) is 3.40. The van der Waals surface area contributed by atoms with Crippen molar-refractivity contribution >= 4 is 21.7 Å². The lowest BCUT2D eigenvalue weighted by Gasteiger charge is -2.15. The molecule has 2 aromatic rings. The number of nitrogens with two attached hydrogens (primary N) is 1. The molecule has 4 nitrogen and oxygen atoms in total. The quantitative estimate of drug-likeness (QED) is 0.911. The van der Waals surface area contributed by atoms with Gasteiger partial charge in [-0.3, -0.25) is 0 Å². The van der Waals surface area contributed by atoms with Crippen molar-refractivity contribution < 1.29 is 4.74 Å². The van der Waals surface area contributed by atoms with Gasteiger partial charge in [-0.1, -0.05) is 32.0 Å². The molecule has 0 spiro atoms. The van der Waals surface area contributed by atoms with Crippen LogP contribution in [0.1, 0.15) is 43.0 Å². The van der Waals surface area contributed by atoms with Crippen LogP contribution in [0.4, 0.5) is 5.82 Å². The fraction of sp³-hybridized carbons (Fsp3) is 0.333. The van der Waals surface area contributed by atoms with Gasteiger partial charge in [0.2, 0.25) is 0 Å². The number of hydrogen-bond donors (Lipinski definition) is 1. The van der Waals surface area contributed by atoms with Crippen molar-refractivity contribution in [3.8, 4) is 5.75 Å². The summed E-state index contributed by atoms with van der Waals surface area (Å²) in [6.07, 6.45) is 0.634. The molecule has 104 valence electrons. The zero-order valence-corrected chi connectivity index (χ0v) is 13.0. The number of nitrogens with zero attached hydrogens (tertiary/aromatic N) is 2. The van der Waals surface area contributed by atoms with E-state index < -0.39 is 0 Å². The summed E-state index contributed by atoms with van der Waals surface area (Å²) in [4.78, 5) is 9.01. The Balaban J connectivity index is 1.97. The van der Waals surface area contributed by atoms with E-state index in [0.717, 1.165) is 22.3 Å². The van der Waals surface area contributed by atoms with Crippen molar-refractivity contribution in [3.05, 3.63) is 45.8 Å². The third kappa shape index (κ3) is 2.26. The second-order valence-electron chi connectivity index (χ2n) is 5.24. The number of fused-ring (bicyclic) bond motifs is 1. The first-order valence-corrected chi connectivity index (χ1v) is 7.43. The van der Waals surface area contributed by atoms with Crippen molar-refractivity contribution in [3.63, 3.8) is 0 Å². The monoisotopic (exact) mass is 333 g/mol. The summed E-state index contributed by atoms with van der Waals surface area (Å²) in [5, 5.41) is 0. The van der Waals surface area contributed by atoms with Gasteiger partial charge < -0.3 is 10.5 Å². The number of ether oxygens (including phenoxy) is 1. The minimum atomic E-state index is -0.153. The Morgan fingerprint density at radius 3 is 2.75 bits per heavy atom. The minimum absolute atomic E-state index is 0.153. The zero-order chi connectivity index (χ0) is 14.3. The summed E-state index contributed by atoms with van der Waals surface area (Å²) >= 11 is 3.46. The molecule has 0 radical (unpaired) electrons. The molecule has 20 heavy (non-hydrogen) atoms. The predicted octanol–water partition coefficient (Wildman–Crippen LogP) is 3.62. The minimum Gasteiger partial charge on any atom is -0.482 e. The fourth-order valence-corrected chi connectivity index (χ4v) is 2.99. The molecular weight excluding hydrogens is 318 g/mol. The van der Waals surface area contributed by atoms with Crippen LogP contribution >= 0.6 is 15.9 Å². The van der Waals surface area contributed by atoms with Crippen LogP contribution in [0.3, 0.4) is 0 Å². The highest BCUT2D eigenvalue weighted by Gasteiger charge is 2.28. The molecule has 2 heterocycles. The van der Waals surface area contributed by atoms with Crippen molar-refractivity contribution in [1.82, 2.24) is 9.97 Å². The van der Waals surface area contributed by atoms with Gasteiger partial charge in [-0.05, 0) is 33.5 Å². The van der Waals surface area contributed by atoms with Gasteiger partial charge in [0, 0.05) is 6.42 Å². The SMILES string of the molecule is CC(C)c1nc(C2Cc3ccccc3O2)nc(N)c1Br. The van der Waals surface area contributed by atoms with E-state index in [1.165, 1.54) is 5.56 Å². The molecule has 1 unspecified atom stereocenters. The Hall–Kier alpha value is -1.62. The number of halogens is 1. The van der Waals surface area contributed by atoms with E-state index in [0.29, 0.717) is 11.6 Å². The van der Waals surface area contributed by atoms with Gasteiger partial charge in [-0.25, -0.2) is 9.97 Å². The molecule has 0 saturated heterocycles. The summed E-state index contributed by atoms with van der Waals surface area (Å²) in [6.45, 7) is 4.17. The van der Waals surface area contributed by atoms with Crippen LogP contribution in [-0.4, -0.2) is 9.97 Å². The second-order valence-corrected chi connectivity index (χ2v) is 6.03. The number of para-hydroxylation sites is 1. The van der Waals surface area contributed by atoms with Crippen molar-refractivity contribution in [2.75, 3.05) is 5.73 Å². The van der Waals surface area contributed by atoms with Crippen LogP contribution in [0.5, 0.6) is 5.75 Å². The van der Waals surface area contributed by atoms with E-state index in [9.17, 15) is 0 Å². The van der Waals surface area contributed by atoms with E-state index >= 15 is 0 Å². The summed E-state index contributed by atoms with van der Waals surface area (Å²) < 4.78 is 6.71. The molecule has 1 atom stereocenters. The topological polar surface area (TPSA) is 61.0 Å². The molecular formula is C15H16BrN3O. The standard InChI is InChI=1S/C15H16BrN3O/c1-8(2)13-12(16)14(17)19-15(18-13)11-7-9-5-3-4-6-10(9)20-11/h3-6,8,11H,7H2,1-2H3,(H2,17,18,19). The van der Waals surface area contributed by atoms with Crippen LogP contribution in [0.2, 0.25) is 0 Å². The number of anilines is 1. The lowest BCUT2D eigenvalue weighted by Crippen LogP contribution is -2.13. The summed E-state index contributed by atoms with van der Waals surface area (Å²) in [5.41, 5.74) is 8.09. The molecule has 1 aliphatic rings. The van der Waals surface area contributed by atoms with Gasteiger partial charge in [-0.15, -0.1) is 0 Å². The Bertz CT molecular complexity index is 633. The highest BCUT2D eigenvalue weighted by Crippen LogP contribution is 2.36. The third-order valence-corrected chi connectivity index (χ3v) is 4.21. The van der Waals surface area contributed by atoms with Crippen LogP contribution in [0, 0.1) is 0 Å². The normalized spacial score (nSPS) is 17.1. The van der Waals surface area contributed by atoms with Crippen molar-refractivity contribution in [1.29, 1.82) is 0 Å². The number of benzene rings is 1. The summed E-state index contributed by atoms with van der Waals surface area (Å²) in [6, 6.07) is 8.03. The molecule has 3 rings (SSSR count). The Morgan fingerprint density at radius 2 is 2.05 bits per heavy atom. The lowest BCUT2D eigenvalue weighted by atomic mass is 10.1. The molecule has 1 aromatic carbocycles. The van der Waals surface area contributed by atoms with Gasteiger partial charge in [0.25, 0.3) is 0 Å². The lowest BCUT2D eigenvalue weighted by molar-refractivity contribution is 0.227. The Morgan fingerprint density at radius 1 is 1.30 bits per heavy atom. The van der Waals surface area contributed by atoms with Gasteiger partial charge >= 0.3 is 0 Å². The highest BCUT2D eigenvalue weighted by atomic mass is 79.9. The molecule has 0 fully saturated rings. The maximum Gasteiger partial charge on any atom is 0.172 e. The molecule has 0 saturated carbocycles. The predicted molar refractivity (Wildman–Crippen MR) is 81.7 cm³/mol. The van der Waals surface area contributed by atoms with Crippen LogP contribution in [0.25, 0.3) is 0 Å². The molecule has 0 aliphatic carbocycles. The first-order valence-electron chi connectivity index (χ1n) is 6.63. The average molecular weight is 334 g/mol. The molecule has 0 amide bonds. The number of aromatic nitrogens is 2. The van der Waals surface area contributed by atoms with Crippen molar-refractivity contribution in [2.24, 2.45) is 0 Å². The Kier molecular flexibility index (Phi) is 3.38. The molecule has 1 aromatic heterocycles. The number of nitrogen functional groups attached to an aromatic ring is 1. The molecule has 0 bridgehead atoms. The maximum atomic E-state index is 5.98. The Labute approximate surface area is 126 Å². The van der Waals surface area contributed by atoms with Gasteiger partial charge in [0.1, 0.15) is 11.6 Å². The zero-order valence-electron chi connectivity index (χ0n) is 11.4. The number of hydrogen-bond acceptors (Lipinski definition) is 4. The van der Waals surface area contributed by atoms with E-state index in [2.05, 4.69) is 45.8 Å². The fourth-order valence-electron chi connectivity index (χ4n) is 2.35. The summed E-state index contributed by atoms with van der Waals surface area (Å²) in [5.74, 6) is 2.31. The van der Waals surface area contributed by atoms with Gasteiger partial charge in [0.15, 0.2) is 11.9 Å². The first-order chi connectivity index (χ1) is 9.56. The first kappa shape index (κ1) is 13.4. The van der Waals surface area contributed by atoms with Crippen LogP contribution in [0.15, 0.2) is 28.7 Å². The van der Waals surface area contributed by atoms with Crippen molar-refractivity contribution in [2.45, 2.75) is 32.3 Å². The molecule has 5 heteroatoms. The molecule has 1 aliphatic heterocycles. The average Bonchev–Trinajstić information content (AvgIpc) is 2.85.